The van der Waals surface area contributed by atoms with Crippen molar-refractivity contribution in [3.8, 4) is 0 Å². The fourth-order valence-corrected chi connectivity index (χ4v) is 1.82. The van der Waals surface area contributed by atoms with Crippen LogP contribution in [-0.2, 0) is 30.6 Å². The molecule has 0 aliphatic carbocycles. The Bertz CT molecular complexity index is 750. The van der Waals surface area contributed by atoms with E-state index in [9.17, 15) is 14.4 Å². The average molecular weight is 375 g/mol. The zero-order valence-electron chi connectivity index (χ0n) is 14.9. The second-order valence-electron chi connectivity index (χ2n) is 5.48. The van der Waals surface area contributed by atoms with Gasteiger partial charge in [0.15, 0.2) is 11.9 Å². The zero-order chi connectivity index (χ0) is 20.2. The van der Waals surface area contributed by atoms with E-state index in [-0.39, 0.29) is 37.8 Å². The van der Waals surface area contributed by atoms with Crippen molar-refractivity contribution >= 4 is 29.4 Å². The molecule has 9 heteroatoms. The van der Waals surface area contributed by atoms with E-state index in [0.29, 0.717) is 16.7 Å². The molecule has 144 valence electrons. The van der Waals surface area contributed by atoms with E-state index in [2.05, 4.69) is 11.9 Å². The summed E-state index contributed by atoms with van der Waals surface area (Å²) in [5.41, 5.74) is 12.8. The van der Waals surface area contributed by atoms with Crippen LogP contribution in [-0.4, -0.2) is 37.8 Å². The Kier molecular flexibility index (Phi) is 9.08. The van der Waals surface area contributed by atoms with Gasteiger partial charge in [0.25, 0.3) is 0 Å². The van der Waals surface area contributed by atoms with Crippen molar-refractivity contribution in [2.45, 2.75) is 13.5 Å². The van der Waals surface area contributed by atoms with Crippen LogP contribution < -0.4 is 16.8 Å². The average Bonchev–Trinajstić information content (AvgIpc) is 2.67. The highest BCUT2D eigenvalue weighted by Gasteiger charge is 2.09. The van der Waals surface area contributed by atoms with Crippen molar-refractivity contribution in [1.82, 2.24) is 5.32 Å². The third kappa shape index (κ3) is 8.04. The SMILES string of the molecule is C=C(C)COOCCOC(=O)NCc1cc(C(N)=C=O)cc(C(N)=C=O)c1. The highest BCUT2D eigenvalue weighted by Crippen LogP contribution is 2.17. The highest BCUT2D eigenvalue weighted by molar-refractivity contribution is 5.89. The van der Waals surface area contributed by atoms with Crippen molar-refractivity contribution in [3.05, 3.63) is 47.0 Å². The molecule has 0 fully saturated rings. The van der Waals surface area contributed by atoms with E-state index in [1.807, 2.05) is 0 Å². The summed E-state index contributed by atoms with van der Waals surface area (Å²) in [7, 11) is 0. The van der Waals surface area contributed by atoms with E-state index < -0.39 is 6.09 Å². The van der Waals surface area contributed by atoms with E-state index in [1.165, 1.54) is 6.07 Å². The smallest absolute Gasteiger partial charge is 0.407 e. The third-order valence-electron chi connectivity index (χ3n) is 3.06. The number of hydrogen-bond donors (Lipinski definition) is 3. The summed E-state index contributed by atoms with van der Waals surface area (Å²) < 4.78 is 4.91. The summed E-state index contributed by atoms with van der Waals surface area (Å²) in [5, 5.41) is 2.51. The van der Waals surface area contributed by atoms with Gasteiger partial charge >= 0.3 is 6.09 Å². The molecule has 0 atom stereocenters. The van der Waals surface area contributed by atoms with Gasteiger partial charge in [-0.2, -0.15) is 0 Å². The largest absolute Gasteiger partial charge is 0.447 e. The van der Waals surface area contributed by atoms with Crippen LogP contribution in [0.1, 0.15) is 23.6 Å². The maximum Gasteiger partial charge on any atom is 0.407 e. The summed E-state index contributed by atoms with van der Waals surface area (Å²) >= 11 is 0. The van der Waals surface area contributed by atoms with Crippen LogP contribution >= 0.6 is 0 Å². The molecule has 0 aliphatic rings. The van der Waals surface area contributed by atoms with Crippen LogP contribution in [0.25, 0.3) is 11.4 Å². The fraction of sp³-hybridized carbons (Fsp3) is 0.278. The fourth-order valence-electron chi connectivity index (χ4n) is 1.82. The number of nitrogens with one attached hydrogen (secondary N) is 1. The molecule has 27 heavy (non-hydrogen) atoms. The normalized spacial score (nSPS) is 9.67. The monoisotopic (exact) mass is 375 g/mol. The number of amides is 1. The zero-order valence-corrected chi connectivity index (χ0v) is 14.9. The molecular formula is C18H21N3O6. The van der Waals surface area contributed by atoms with Gasteiger partial charge in [-0.25, -0.2) is 24.2 Å². The molecular weight excluding hydrogens is 354 g/mol. The molecule has 0 saturated heterocycles. The highest BCUT2D eigenvalue weighted by atomic mass is 17.2. The molecule has 5 N–H and O–H groups in total. The maximum absolute atomic E-state index is 11.7. The van der Waals surface area contributed by atoms with Crippen LogP contribution in [0.3, 0.4) is 0 Å². The first kappa shape index (κ1) is 21.7. The first-order valence-corrected chi connectivity index (χ1v) is 7.82. The maximum atomic E-state index is 11.7. The van der Waals surface area contributed by atoms with Crippen molar-refractivity contribution in [3.63, 3.8) is 0 Å². The van der Waals surface area contributed by atoms with Crippen molar-refractivity contribution in [2.24, 2.45) is 11.5 Å². The van der Waals surface area contributed by atoms with E-state index in [0.717, 1.165) is 5.57 Å². The number of ether oxygens (including phenoxy) is 1. The lowest BCUT2D eigenvalue weighted by atomic mass is 10.0. The van der Waals surface area contributed by atoms with Crippen LogP contribution in [0.4, 0.5) is 4.79 Å². The second-order valence-corrected chi connectivity index (χ2v) is 5.48. The van der Waals surface area contributed by atoms with Crippen molar-refractivity contribution < 1.29 is 28.9 Å². The lowest BCUT2D eigenvalue weighted by molar-refractivity contribution is -0.290. The van der Waals surface area contributed by atoms with E-state index in [1.54, 1.807) is 30.9 Å². The molecule has 0 aliphatic heterocycles. The van der Waals surface area contributed by atoms with Crippen LogP contribution in [0.2, 0.25) is 0 Å². The minimum Gasteiger partial charge on any atom is -0.447 e. The van der Waals surface area contributed by atoms with Gasteiger partial charge in [-0.15, -0.1) is 0 Å². The van der Waals surface area contributed by atoms with E-state index >= 15 is 0 Å². The Morgan fingerprint density at radius 3 is 2.19 bits per heavy atom. The molecule has 1 amide bonds. The summed E-state index contributed by atoms with van der Waals surface area (Å²) in [6.45, 7) is 5.76. The molecule has 0 spiro atoms. The van der Waals surface area contributed by atoms with Crippen LogP contribution in [0.5, 0.6) is 0 Å². The standard InChI is InChI=1S/C18H21N3O6/c1-12(2)11-27-26-4-3-25-18(24)21-8-13-5-14(16(19)9-22)7-15(6-13)17(20)10-23/h5-7H,1,3-4,8,11,19-20H2,2H3,(H,21,24). The molecule has 0 aromatic heterocycles. The van der Waals surface area contributed by atoms with Crippen LogP contribution in [0, 0.1) is 0 Å². The minimum atomic E-state index is -0.691. The summed E-state index contributed by atoms with van der Waals surface area (Å²) in [5.74, 6) is 3.12. The number of carbonyl (C=O) groups excluding carboxylic acids is 3. The molecule has 1 rings (SSSR count). The van der Waals surface area contributed by atoms with Crippen molar-refractivity contribution in [1.29, 1.82) is 0 Å². The summed E-state index contributed by atoms with van der Waals surface area (Å²) in [4.78, 5) is 42.8. The lowest BCUT2D eigenvalue weighted by Gasteiger charge is -2.10. The molecule has 1 aromatic carbocycles. The Morgan fingerprint density at radius 2 is 1.67 bits per heavy atom. The number of rotatable bonds is 10. The first-order valence-electron chi connectivity index (χ1n) is 7.82. The van der Waals surface area contributed by atoms with Crippen LogP contribution in [0.15, 0.2) is 30.4 Å². The number of benzene rings is 1. The molecule has 0 heterocycles. The lowest BCUT2D eigenvalue weighted by Crippen LogP contribution is -2.25. The van der Waals surface area contributed by atoms with Crippen molar-refractivity contribution in [2.75, 3.05) is 19.8 Å². The number of hydrogen-bond acceptors (Lipinski definition) is 8. The second kappa shape index (κ2) is 11.3. The van der Waals surface area contributed by atoms with E-state index in [4.69, 9.17) is 26.0 Å². The summed E-state index contributed by atoms with van der Waals surface area (Å²) in [6, 6.07) is 4.55. The Balaban J connectivity index is 2.60. The van der Waals surface area contributed by atoms with Gasteiger partial charge in [0.1, 0.15) is 31.2 Å². The predicted octanol–water partition coefficient (Wildman–Crippen LogP) is 0.700. The molecule has 1 aromatic rings. The topological polar surface area (TPSA) is 143 Å². The number of nitrogens with two attached hydrogens (primary N) is 2. The van der Waals surface area contributed by atoms with Gasteiger partial charge in [-0.05, 0) is 30.7 Å². The minimum absolute atomic E-state index is 0.0189. The Labute approximate surface area is 156 Å². The first-order chi connectivity index (χ1) is 12.9. The Morgan fingerprint density at radius 1 is 1.07 bits per heavy atom. The molecule has 0 saturated carbocycles. The molecule has 0 unspecified atom stereocenters. The van der Waals surface area contributed by atoms with Gasteiger partial charge in [-0.1, -0.05) is 12.2 Å². The third-order valence-corrected chi connectivity index (χ3v) is 3.06. The number of carbonyl (C=O) groups is 1. The predicted molar refractivity (Wildman–Crippen MR) is 97.9 cm³/mol. The summed E-state index contributed by atoms with van der Waals surface area (Å²) in [6.07, 6.45) is -0.691. The molecule has 0 bridgehead atoms. The quantitative estimate of drug-likeness (QED) is 0.178. The van der Waals surface area contributed by atoms with Gasteiger partial charge in [0, 0.05) is 17.7 Å². The number of alkyl carbamates (subject to hydrolysis) is 1. The van der Waals surface area contributed by atoms with Gasteiger partial charge in [-0.3, -0.25) is 0 Å². The molecule has 0 radical (unpaired) electrons. The van der Waals surface area contributed by atoms with Gasteiger partial charge < -0.3 is 21.5 Å². The van der Waals surface area contributed by atoms with Gasteiger partial charge in [0.2, 0.25) is 0 Å². The molecule has 9 nitrogen and oxygen atoms in total. The Hall–Kier alpha value is -3.35. The van der Waals surface area contributed by atoms with Gasteiger partial charge in [0.05, 0.1) is 0 Å².